The van der Waals surface area contributed by atoms with Crippen molar-refractivity contribution in [2.75, 3.05) is 6.54 Å². The summed E-state index contributed by atoms with van der Waals surface area (Å²) in [6.07, 6.45) is 0. The summed E-state index contributed by atoms with van der Waals surface area (Å²) in [5.41, 5.74) is 0.982. The third-order valence-corrected chi connectivity index (χ3v) is 3.51. The molecular formula is C15H13BrClF2NO. The SMILES string of the molecule is CCNCc1ccc(Oc2cc(Br)cc(F)c2F)c(Cl)c1. The number of ether oxygens (including phenoxy) is 1. The minimum Gasteiger partial charge on any atom is -0.453 e. The van der Waals surface area contributed by atoms with Crippen molar-refractivity contribution in [3.63, 3.8) is 0 Å². The second-order valence-electron chi connectivity index (χ2n) is 4.35. The molecule has 0 radical (unpaired) electrons. The Balaban J connectivity index is 2.24. The molecule has 2 nitrogen and oxygen atoms in total. The summed E-state index contributed by atoms with van der Waals surface area (Å²) in [4.78, 5) is 0. The van der Waals surface area contributed by atoms with Crippen molar-refractivity contribution in [1.82, 2.24) is 5.32 Å². The summed E-state index contributed by atoms with van der Waals surface area (Å²) in [6.45, 7) is 3.53. The van der Waals surface area contributed by atoms with Crippen LogP contribution in [-0.2, 0) is 6.54 Å². The van der Waals surface area contributed by atoms with E-state index in [9.17, 15) is 8.78 Å². The third-order valence-electron chi connectivity index (χ3n) is 2.75. The smallest absolute Gasteiger partial charge is 0.201 e. The average molecular weight is 377 g/mol. The lowest BCUT2D eigenvalue weighted by Gasteiger charge is -2.11. The highest BCUT2D eigenvalue weighted by Gasteiger charge is 2.13. The van der Waals surface area contributed by atoms with E-state index < -0.39 is 11.6 Å². The molecule has 0 aliphatic heterocycles. The molecule has 0 spiro atoms. The maximum atomic E-state index is 13.7. The topological polar surface area (TPSA) is 21.3 Å². The Kier molecular flexibility index (Phi) is 5.56. The predicted octanol–water partition coefficient (Wildman–Crippen LogP) is 5.28. The quantitative estimate of drug-likeness (QED) is 0.717. The van der Waals surface area contributed by atoms with Gasteiger partial charge in [-0.05, 0) is 36.4 Å². The summed E-state index contributed by atoms with van der Waals surface area (Å²) >= 11 is 9.20. The van der Waals surface area contributed by atoms with E-state index in [0.717, 1.165) is 18.2 Å². The molecule has 0 aliphatic rings. The van der Waals surface area contributed by atoms with Gasteiger partial charge in [0.25, 0.3) is 0 Å². The molecule has 2 aromatic carbocycles. The van der Waals surface area contributed by atoms with Gasteiger partial charge in [-0.15, -0.1) is 0 Å². The monoisotopic (exact) mass is 375 g/mol. The number of hydrogen-bond acceptors (Lipinski definition) is 2. The highest BCUT2D eigenvalue weighted by atomic mass is 79.9. The highest BCUT2D eigenvalue weighted by molar-refractivity contribution is 9.10. The molecule has 0 aromatic heterocycles. The normalized spacial score (nSPS) is 10.7. The second kappa shape index (κ2) is 7.20. The van der Waals surface area contributed by atoms with Crippen molar-refractivity contribution in [3.05, 3.63) is 57.0 Å². The molecule has 0 saturated heterocycles. The third kappa shape index (κ3) is 4.15. The van der Waals surface area contributed by atoms with Crippen LogP contribution < -0.4 is 10.1 Å². The van der Waals surface area contributed by atoms with Gasteiger partial charge in [-0.3, -0.25) is 0 Å². The fraction of sp³-hybridized carbons (Fsp3) is 0.200. The van der Waals surface area contributed by atoms with Crippen LogP contribution in [0.2, 0.25) is 5.02 Å². The minimum absolute atomic E-state index is 0.219. The van der Waals surface area contributed by atoms with E-state index in [1.807, 2.05) is 13.0 Å². The van der Waals surface area contributed by atoms with E-state index in [1.54, 1.807) is 12.1 Å². The van der Waals surface area contributed by atoms with Gasteiger partial charge in [0.1, 0.15) is 5.75 Å². The zero-order valence-corrected chi connectivity index (χ0v) is 13.6. The molecule has 112 valence electrons. The molecule has 0 saturated carbocycles. The Morgan fingerprint density at radius 2 is 1.95 bits per heavy atom. The molecule has 21 heavy (non-hydrogen) atoms. The molecule has 0 atom stereocenters. The fourth-order valence-electron chi connectivity index (χ4n) is 1.73. The molecule has 0 amide bonds. The Hall–Kier alpha value is -1.17. The zero-order valence-electron chi connectivity index (χ0n) is 11.2. The van der Waals surface area contributed by atoms with Gasteiger partial charge in [0.2, 0.25) is 5.82 Å². The van der Waals surface area contributed by atoms with Gasteiger partial charge in [-0.1, -0.05) is 40.5 Å². The Morgan fingerprint density at radius 3 is 2.62 bits per heavy atom. The van der Waals surface area contributed by atoms with Gasteiger partial charge < -0.3 is 10.1 Å². The van der Waals surface area contributed by atoms with Crippen molar-refractivity contribution in [1.29, 1.82) is 0 Å². The molecule has 0 bridgehead atoms. The van der Waals surface area contributed by atoms with Gasteiger partial charge in [0, 0.05) is 11.0 Å². The number of nitrogens with one attached hydrogen (secondary N) is 1. The molecule has 6 heteroatoms. The van der Waals surface area contributed by atoms with E-state index in [2.05, 4.69) is 21.2 Å². The van der Waals surface area contributed by atoms with Crippen LogP contribution in [0.5, 0.6) is 11.5 Å². The van der Waals surface area contributed by atoms with Crippen LogP contribution in [0, 0.1) is 11.6 Å². The summed E-state index contributed by atoms with van der Waals surface area (Å²) < 4.78 is 32.7. The Bertz CT molecular complexity index is 652. The van der Waals surface area contributed by atoms with Gasteiger partial charge in [0.15, 0.2) is 11.6 Å². The first kappa shape index (κ1) is 16.2. The Morgan fingerprint density at radius 1 is 1.19 bits per heavy atom. The molecule has 0 heterocycles. The van der Waals surface area contributed by atoms with Crippen molar-refractivity contribution in [2.45, 2.75) is 13.5 Å². The van der Waals surface area contributed by atoms with Crippen molar-refractivity contribution in [3.8, 4) is 11.5 Å². The van der Waals surface area contributed by atoms with E-state index in [1.165, 1.54) is 6.07 Å². The average Bonchev–Trinajstić information content (AvgIpc) is 2.44. The van der Waals surface area contributed by atoms with Crippen molar-refractivity contribution in [2.24, 2.45) is 0 Å². The zero-order chi connectivity index (χ0) is 15.4. The largest absolute Gasteiger partial charge is 0.453 e. The Labute approximate surface area is 135 Å². The molecule has 0 aliphatic carbocycles. The lowest BCUT2D eigenvalue weighted by atomic mass is 10.2. The lowest BCUT2D eigenvalue weighted by molar-refractivity contribution is 0.415. The maximum Gasteiger partial charge on any atom is 0.201 e. The first-order chi connectivity index (χ1) is 10.0. The second-order valence-corrected chi connectivity index (χ2v) is 5.67. The summed E-state index contributed by atoms with van der Waals surface area (Å²) in [5.74, 6) is -1.98. The summed E-state index contributed by atoms with van der Waals surface area (Å²) in [7, 11) is 0. The molecule has 0 unspecified atom stereocenters. The number of benzene rings is 2. The van der Waals surface area contributed by atoms with Gasteiger partial charge in [-0.2, -0.15) is 4.39 Å². The molecule has 2 aromatic rings. The molecule has 1 N–H and O–H groups in total. The van der Waals surface area contributed by atoms with Crippen LogP contribution in [0.1, 0.15) is 12.5 Å². The van der Waals surface area contributed by atoms with Crippen LogP contribution in [-0.4, -0.2) is 6.54 Å². The first-order valence-electron chi connectivity index (χ1n) is 6.32. The standard InChI is InChI=1S/C15H13BrClF2NO/c1-2-20-8-9-3-4-13(11(17)5-9)21-14-7-10(16)6-12(18)15(14)19/h3-7,20H,2,8H2,1H3. The predicted molar refractivity (Wildman–Crippen MR) is 83.0 cm³/mol. The minimum atomic E-state index is -1.05. The van der Waals surface area contributed by atoms with Gasteiger partial charge >= 0.3 is 0 Å². The van der Waals surface area contributed by atoms with Gasteiger partial charge in [0.05, 0.1) is 5.02 Å². The number of rotatable bonds is 5. The number of hydrogen-bond donors (Lipinski definition) is 1. The van der Waals surface area contributed by atoms with E-state index in [0.29, 0.717) is 16.0 Å². The molecule has 2 rings (SSSR count). The van der Waals surface area contributed by atoms with Crippen molar-refractivity contribution < 1.29 is 13.5 Å². The highest BCUT2D eigenvalue weighted by Crippen LogP contribution is 2.33. The summed E-state index contributed by atoms with van der Waals surface area (Å²) in [6, 6.07) is 7.56. The van der Waals surface area contributed by atoms with Crippen LogP contribution >= 0.6 is 27.5 Å². The molecular weight excluding hydrogens is 364 g/mol. The van der Waals surface area contributed by atoms with E-state index >= 15 is 0 Å². The van der Waals surface area contributed by atoms with Crippen molar-refractivity contribution >= 4 is 27.5 Å². The van der Waals surface area contributed by atoms with Crippen LogP contribution in [0.4, 0.5) is 8.78 Å². The fourth-order valence-corrected chi connectivity index (χ4v) is 2.38. The first-order valence-corrected chi connectivity index (χ1v) is 7.50. The van der Waals surface area contributed by atoms with Crippen LogP contribution in [0.3, 0.4) is 0 Å². The molecule has 0 fully saturated rings. The van der Waals surface area contributed by atoms with Crippen LogP contribution in [0.25, 0.3) is 0 Å². The summed E-state index contributed by atoms with van der Waals surface area (Å²) in [5, 5.41) is 3.51. The van der Waals surface area contributed by atoms with Crippen LogP contribution in [0.15, 0.2) is 34.8 Å². The van der Waals surface area contributed by atoms with E-state index in [4.69, 9.17) is 16.3 Å². The van der Waals surface area contributed by atoms with Gasteiger partial charge in [-0.25, -0.2) is 4.39 Å². The lowest BCUT2D eigenvalue weighted by Crippen LogP contribution is -2.11. The number of halogens is 4. The maximum absolute atomic E-state index is 13.7. The van der Waals surface area contributed by atoms with E-state index in [-0.39, 0.29) is 11.5 Å².